The third-order valence-corrected chi connectivity index (χ3v) is 5.26. The molecule has 0 spiro atoms. The Morgan fingerprint density at radius 1 is 1.10 bits per heavy atom. The molecule has 148 valence electrons. The number of nitrogens with zero attached hydrogens (tertiary/aromatic N) is 4. The van der Waals surface area contributed by atoms with Crippen molar-refractivity contribution in [3.05, 3.63) is 88.8 Å². The summed E-state index contributed by atoms with van der Waals surface area (Å²) in [7, 11) is 0. The number of rotatable bonds is 4. The lowest BCUT2D eigenvalue weighted by Gasteiger charge is -2.21. The average molecular weight is 397 g/mol. The number of pyridine rings is 1. The third kappa shape index (κ3) is 2.91. The van der Waals surface area contributed by atoms with E-state index >= 15 is 0 Å². The highest BCUT2D eigenvalue weighted by Gasteiger charge is 2.18. The van der Waals surface area contributed by atoms with Crippen LogP contribution < -0.4 is 10.9 Å². The number of aryl methyl sites for hydroxylation is 1. The molecule has 0 aliphatic carbocycles. The molecule has 5 aromatic rings. The van der Waals surface area contributed by atoms with Crippen LogP contribution in [0, 0.1) is 6.92 Å². The van der Waals surface area contributed by atoms with Crippen LogP contribution in [0.2, 0.25) is 0 Å². The van der Waals surface area contributed by atoms with Crippen LogP contribution >= 0.6 is 0 Å². The second-order valence-electron chi connectivity index (χ2n) is 7.22. The van der Waals surface area contributed by atoms with E-state index in [0.717, 1.165) is 22.3 Å². The minimum atomic E-state index is -0.276. The fourth-order valence-electron chi connectivity index (χ4n) is 3.82. The van der Waals surface area contributed by atoms with E-state index < -0.39 is 0 Å². The highest BCUT2D eigenvalue weighted by molar-refractivity contribution is 5.86. The van der Waals surface area contributed by atoms with Crippen LogP contribution in [-0.2, 0) is 0 Å². The number of aromatic amines is 1. The van der Waals surface area contributed by atoms with Gasteiger partial charge in [-0.1, -0.05) is 36.4 Å². The van der Waals surface area contributed by atoms with Crippen molar-refractivity contribution in [1.82, 2.24) is 24.5 Å². The van der Waals surface area contributed by atoms with Crippen molar-refractivity contribution in [3.8, 4) is 5.69 Å². The number of aromatic nitrogens is 5. The zero-order valence-electron chi connectivity index (χ0n) is 17.5. The molecule has 30 heavy (non-hydrogen) atoms. The van der Waals surface area contributed by atoms with Crippen molar-refractivity contribution in [2.75, 3.05) is 5.32 Å². The van der Waals surface area contributed by atoms with Gasteiger partial charge in [0.1, 0.15) is 13.2 Å². The molecule has 7 heteroatoms. The third-order valence-electron chi connectivity index (χ3n) is 5.26. The first-order valence-electron chi connectivity index (χ1n) is 10.2. The number of fused-ring (bicyclic) bond motifs is 2. The first kappa shape index (κ1) is 16.9. The molecule has 0 aliphatic rings. The average Bonchev–Trinajstić information content (AvgIpc) is 3.15. The zero-order valence-corrected chi connectivity index (χ0v) is 16.5. The number of hydrogen-bond acceptors (Lipinski definition) is 5. The molecule has 0 bridgehead atoms. The smallest absolute Gasteiger partial charge is 0.263 e. The van der Waals surface area contributed by atoms with Crippen molar-refractivity contribution >= 4 is 27.8 Å². The molecular formula is C23H20N6O. The summed E-state index contributed by atoms with van der Waals surface area (Å²) in [6.07, 6.45) is 1.44. The number of para-hydroxylation sites is 1. The van der Waals surface area contributed by atoms with Gasteiger partial charge in [-0.2, -0.15) is 0 Å². The first-order chi connectivity index (χ1) is 15.0. The summed E-state index contributed by atoms with van der Waals surface area (Å²) >= 11 is 0. The van der Waals surface area contributed by atoms with Gasteiger partial charge in [-0.05, 0) is 43.0 Å². The molecule has 0 radical (unpaired) electrons. The molecule has 0 unspecified atom stereocenters. The highest BCUT2D eigenvalue weighted by atomic mass is 16.1. The summed E-state index contributed by atoms with van der Waals surface area (Å²) in [5.74, 6) is 0.503. The van der Waals surface area contributed by atoms with Crippen LogP contribution in [-0.4, -0.2) is 24.5 Å². The van der Waals surface area contributed by atoms with Crippen LogP contribution in [0.5, 0.6) is 0 Å². The van der Waals surface area contributed by atoms with E-state index in [-0.39, 0.29) is 17.9 Å². The Bertz CT molecular complexity index is 1470. The van der Waals surface area contributed by atoms with Crippen molar-refractivity contribution in [2.45, 2.75) is 19.9 Å². The van der Waals surface area contributed by atoms with Crippen LogP contribution in [0.4, 0.5) is 5.82 Å². The molecule has 5 rings (SSSR count). The van der Waals surface area contributed by atoms with E-state index in [0.29, 0.717) is 22.4 Å². The van der Waals surface area contributed by atoms with Gasteiger partial charge in [-0.3, -0.25) is 9.36 Å². The summed E-state index contributed by atoms with van der Waals surface area (Å²) < 4.78 is 9.49. The fourth-order valence-corrected chi connectivity index (χ4v) is 3.82. The number of H-pyrrole nitrogens is 1. The quantitative estimate of drug-likeness (QED) is 0.476. The molecule has 1 atom stereocenters. The lowest BCUT2D eigenvalue weighted by Crippen LogP contribution is -2.26. The van der Waals surface area contributed by atoms with E-state index in [9.17, 15) is 4.79 Å². The Morgan fingerprint density at radius 3 is 2.77 bits per heavy atom. The van der Waals surface area contributed by atoms with Crippen LogP contribution in [0.1, 0.15) is 25.6 Å². The summed E-state index contributed by atoms with van der Waals surface area (Å²) in [6, 6.07) is 17.2. The minimum absolute atomic E-state index is 0.0218. The summed E-state index contributed by atoms with van der Waals surface area (Å²) in [5.41, 5.74) is 3.45. The fraction of sp³-hybridized carbons (Fsp3) is 0.130. The second-order valence-corrected chi connectivity index (χ2v) is 7.22. The molecule has 3 heterocycles. The molecule has 0 saturated carbocycles. The summed E-state index contributed by atoms with van der Waals surface area (Å²) in [6.45, 7) is 3.92. The standard InChI is InChI=1S/C23H20N6O/c1-14-7-6-8-16-11-18(29(23(30)19(14)16)17-9-4-3-5-10-17)15(2)28-22-20-21(25-12-24-20)26-13-27-22/h3-13,15H,1-2H3,(H2,24,25,26,27,28)/t15-/m0/s1/i12D. The SMILES string of the molecule is [2H]c1nc2c(N[C@@H](C)c3cc4cccc(C)c4c(=O)n3-c3ccccc3)ncnc2[nH]1. The topological polar surface area (TPSA) is 88.5 Å². The zero-order chi connectivity index (χ0) is 21.5. The van der Waals surface area contributed by atoms with Gasteiger partial charge in [0.05, 0.1) is 17.7 Å². The lowest BCUT2D eigenvalue weighted by atomic mass is 10.0. The van der Waals surface area contributed by atoms with Crippen LogP contribution in [0.15, 0.2) is 72.0 Å². The van der Waals surface area contributed by atoms with Crippen molar-refractivity contribution in [2.24, 2.45) is 0 Å². The Hall–Kier alpha value is -4.00. The van der Waals surface area contributed by atoms with E-state index in [2.05, 4.69) is 25.3 Å². The largest absolute Gasteiger partial charge is 0.360 e. The molecular weight excluding hydrogens is 376 g/mol. The molecule has 3 aromatic heterocycles. The Balaban J connectivity index is 1.70. The molecule has 2 N–H and O–H groups in total. The maximum absolute atomic E-state index is 13.6. The predicted octanol–water partition coefficient (Wildman–Crippen LogP) is 4.14. The number of hydrogen-bond donors (Lipinski definition) is 2. The van der Waals surface area contributed by atoms with Gasteiger partial charge >= 0.3 is 0 Å². The normalized spacial score (nSPS) is 12.8. The van der Waals surface area contributed by atoms with Gasteiger partial charge in [0.15, 0.2) is 11.5 Å². The van der Waals surface area contributed by atoms with Crippen molar-refractivity contribution in [1.29, 1.82) is 0 Å². The second kappa shape index (κ2) is 7.11. The molecule has 0 aliphatic heterocycles. The summed E-state index contributed by atoms with van der Waals surface area (Å²) in [5, 5.41) is 4.95. The highest BCUT2D eigenvalue weighted by Crippen LogP contribution is 2.26. The van der Waals surface area contributed by atoms with Gasteiger partial charge in [0, 0.05) is 11.4 Å². The van der Waals surface area contributed by atoms with E-state index in [1.165, 1.54) is 6.33 Å². The van der Waals surface area contributed by atoms with E-state index in [1.807, 2.05) is 68.4 Å². The lowest BCUT2D eigenvalue weighted by molar-refractivity contribution is 0.774. The number of benzene rings is 2. The number of anilines is 1. The molecule has 0 amide bonds. The van der Waals surface area contributed by atoms with Gasteiger partial charge in [-0.15, -0.1) is 0 Å². The molecule has 0 saturated heterocycles. The van der Waals surface area contributed by atoms with Gasteiger partial charge in [0.25, 0.3) is 5.56 Å². The Morgan fingerprint density at radius 2 is 1.93 bits per heavy atom. The minimum Gasteiger partial charge on any atom is -0.360 e. The molecule has 2 aromatic carbocycles. The van der Waals surface area contributed by atoms with Crippen LogP contribution in [0.25, 0.3) is 27.6 Å². The van der Waals surface area contributed by atoms with Crippen molar-refractivity contribution in [3.63, 3.8) is 0 Å². The molecule has 0 fully saturated rings. The number of nitrogens with one attached hydrogen (secondary N) is 2. The van der Waals surface area contributed by atoms with E-state index in [1.54, 1.807) is 4.57 Å². The predicted molar refractivity (Wildman–Crippen MR) is 118 cm³/mol. The van der Waals surface area contributed by atoms with Crippen LogP contribution in [0.3, 0.4) is 0 Å². The van der Waals surface area contributed by atoms with E-state index in [4.69, 9.17) is 1.37 Å². The van der Waals surface area contributed by atoms with Gasteiger partial charge in [0.2, 0.25) is 0 Å². The molecule has 7 nitrogen and oxygen atoms in total. The summed E-state index contributed by atoms with van der Waals surface area (Å²) in [4.78, 5) is 29.0. The number of imidazole rings is 1. The maximum atomic E-state index is 13.6. The first-order valence-corrected chi connectivity index (χ1v) is 9.67. The van der Waals surface area contributed by atoms with Gasteiger partial charge in [-0.25, -0.2) is 15.0 Å². The van der Waals surface area contributed by atoms with Gasteiger partial charge < -0.3 is 10.3 Å². The Kier molecular flexibility index (Phi) is 4.01. The maximum Gasteiger partial charge on any atom is 0.263 e. The van der Waals surface area contributed by atoms with Crippen molar-refractivity contribution < 1.29 is 1.37 Å². The monoisotopic (exact) mass is 397 g/mol. The Labute approximate surface area is 173 Å².